The first-order valence-electron chi connectivity index (χ1n) is 13.6. The number of nitrogens with two attached hydrogens (primary N) is 2. The molecule has 2 heterocycles. The molecule has 0 saturated carbocycles. The number of H-pyrrole nitrogens is 1. The van der Waals surface area contributed by atoms with E-state index in [2.05, 4.69) is 25.6 Å². The van der Waals surface area contributed by atoms with Gasteiger partial charge in [0.25, 0.3) is 11.8 Å². The van der Waals surface area contributed by atoms with E-state index in [1.165, 1.54) is 0 Å². The largest absolute Gasteiger partial charge is 0.480 e. The maximum Gasteiger partial charge on any atom is 0.326 e. The van der Waals surface area contributed by atoms with E-state index in [0.717, 1.165) is 27.3 Å². The van der Waals surface area contributed by atoms with Crippen LogP contribution in [-0.2, 0) is 17.6 Å². The van der Waals surface area contributed by atoms with Crippen LogP contribution in [0.25, 0.3) is 21.8 Å². The Kier molecular flexibility index (Phi) is 8.28. The van der Waals surface area contributed by atoms with E-state index >= 15 is 0 Å². The number of benzene rings is 3. The van der Waals surface area contributed by atoms with E-state index in [1.807, 2.05) is 54.7 Å². The number of aliphatic carboxylic acids is 1. The number of aryl methyl sites for hydroxylation is 2. The summed E-state index contributed by atoms with van der Waals surface area (Å²) in [5.41, 5.74) is 15.1. The summed E-state index contributed by atoms with van der Waals surface area (Å²) in [5, 5.41) is 17.7. The molecule has 5 aromatic rings. The number of nitrogens with zero attached hydrogens (tertiary/aromatic N) is 2. The molecule has 0 fully saturated rings. The Balaban J connectivity index is 1.12. The molecule has 5 rings (SSSR count). The van der Waals surface area contributed by atoms with Crippen molar-refractivity contribution in [2.24, 2.45) is 0 Å². The van der Waals surface area contributed by atoms with Gasteiger partial charge in [0.1, 0.15) is 17.5 Å². The highest BCUT2D eigenvalue weighted by molar-refractivity contribution is 6.07. The average Bonchev–Trinajstić information content (AvgIpc) is 3.40. The van der Waals surface area contributed by atoms with E-state index in [9.17, 15) is 19.5 Å². The number of hydrogen-bond acceptors (Lipinski definition) is 7. The number of aromatic amines is 1. The molecule has 0 aliphatic carbocycles. The molecular formula is C31H31N7O4. The Labute approximate surface area is 241 Å². The highest BCUT2D eigenvalue weighted by Gasteiger charge is 2.21. The molecule has 0 aliphatic heterocycles. The van der Waals surface area contributed by atoms with Crippen LogP contribution >= 0.6 is 0 Å². The average molecular weight is 566 g/mol. The normalized spacial score (nSPS) is 11.8. The molecule has 11 nitrogen and oxygen atoms in total. The molecule has 2 aromatic heterocycles. The lowest BCUT2D eigenvalue weighted by atomic mass is 10.0. The van der Waals surface area contributed by atoms with Gasteiger partial charge in [-0.05, 0) is 65.8 Å². The zero-order valence-electron chi connectivity index (χ0n) is 22.8. The Morgan fingerprint density at radius 1 is 0.905 bits per heavy atom. The Bertz CT molecular complexity index is 1760. The molecule has 1 atom stereocenters. The van der Waals surface area contributed by atoms with Gasteiger partial charge in [-0.3, -0.25) is 9.59 Å². The smallest absolute Gasteiger partial charge is 0.326 e. The third-order valence-electron chi connectivity index (χ3n) is 7.15. The van der Waals surface area contributed by atoms with Crippen LogP contribution in [0, 0.1) is 0 Å². The van der Waals surface area contributed by atoms with Crippen LogP contribution in [0.15, 0.2) is 72.9 Å². The van der Waals surface area contributed by atoms with Crippen molar-refractivity contribution in [3.05, 3.63) is 95.2 Å². The lowest BCUT2D eigenvalue weighted by Gasteiger charge is -2.15. The van der Waals surface area contributed by atoms with Gasteiger partial charge in [-0.15, -0.1) is 0 Å². The van der Waals surface area contributed by atoms with E-state index in [0.29, 0.717) is 41.9 Å². The fourth-order valence-electron chi connectivity index (χ4n) is 4.97. The molecule has 0 aliphatic rings. The molecule has 0 radical (unpaired) electrons. The zero-order chi connectivity index (χ0) is 29.6. The van der Waals surface area contributed by atoms with Crippen molar-refractivity contribution in [2.75, 3.05) is 18.0 Å². The van der Waals surface area contributed by atoms with Crippen LogP contribution in [0.5, 0.6) is 0 Å². The minimum atomic E-state index is -1.14. The number of hydrogen-bond donors (Lipinski definition) is 6. The second kappa shape index (κ2) is 12.4. The number of carboxylic acids is 1. The first-order valence-corrected chi connectivity index (χ1v) is 13.6. The summed E-state index contributed by atoms with van der Waals surface area (Å²) in [6.45, 7) is 0.276. The summed E-state index contributed by atoms with van der Waals surface area (Å²) >= 11 is 0. The first kappa shape index (κ1) is 28.1. The zero-order valence-corrected chi connectivity index (χ0v) is 22.8. The van der Waals surface area contributed by atoms with Gasteiger partial charge in [0.05, 0.1) is 5.39 Å². The summed E-state index contributed by atoms with van der Waals surface area (Å²) < 4.78 is 0. The molecule has 214 valence electrons. The number of carbonyl (C=O) groups is 3. The SMILES string of the molecule is Nc1nc(N)c2c(CCc3ccc(C(=O)N[C@@H](CCCNC(=O)c4cccc5ccccc45)C(=O)O)cc3)c[nH]c2n1. The number of fused-ring (bicyclic) bond motifs is 2. The van der Waals surface area contributed by atoms with Gasteiger partial charge in [0.2, 0.25) is 5.95 Å². The number of amides is 2. The van der Waals surface area contributed by atoms with Crippen LogP contribution in [0.3, 0.4) is 0 Å². The second-order valence-corrected chi connectivity index (χ2v) is 9.99. The Morgan fingerprint density at radius 2 is 1.67 bits per heavy atom. The number of anilines is 2. The minimum Gasteiger partial charge on any atom is -0.480 e. The van der Waals surface area contributed by atoms with E-state index in [1.54, 1.807) is 18.2 Å². The number of rotatable bonds is 11. The van der Waals surface area contributed by atoms with Crippen LogP contribution in [0.4, 0.5) is 11.8 Å². The van der Waals surface area contributed by atoms with Gasteiger partial charge < -0.3 is 32.2 Å². The van der Waals surface area contributed by atoms with Gasteiger partial charge >= 0.3 is 5.97 Å². The third kappa shape index (κ3) is 6.30. The summed E-state index contributed by atoms with van der Waals surface area (Å²) in [4.78, 5) is 48.6. The van der Waals surface area contributed by atoms with Crippen LogP contribution in [0.1, 0.15) is 44.7 Å². The van der Waals surface area contributed by atoms with Gasteiger partial charge in [0, 0.05) is 23.9 Å². The van der Waals surface area contributed by atoms with Gasteiger partial charge in [0.15, 0.2) is 0 Å². The van der Waals surface area contributed by atoms with Crippen molar-refractivity contribution < 1.29 is 19.5 Å². The maximum atomic E-state index is 12.8. The summed E-state index contributed by atoms with van der Waals surface area (Å²) in [7, 11) is 0. The van der Waals surface area contributed by atoms with Gasteiger partial charge in [-0.1, -0.05) is 48.5 Å². The molecule has 0 saturated heterocycles. The van der Waals surface area contributed by atoms with E-state index in [-0.39, 0.29) is 24.8 Å². The molecule has 0 unspecified atom stereocenters. The van der Waals surface area contributed by atoms with Crippen LogP contribution in [0.2, 0.25) is 0 Å². The topological polar surface area (TPSA) is 189 Å². The van der Waals surface area contributed by atoms with Crippen molar-refractivity contribution >= 4 is 51.4 Å². The first-order chi connectivity index (χ1) is 20.3. The number of nitrogen functional groups attached to an aromatic ring is 2. The van der Waals surface area contributed by atoms with Gasteiger partial charge in [-0.2, -0.15) is 9.97 Å². The number of nitrogens with one attached hydrogen (secondary N) is 3. The maximum absolute atomic E-state index is 12.8. The molecule has 8 N–H and O–H groups in total. The van der Waals surface area contributed by atoms with Crippen molar-refractivity contribution in [3.8, 4) is 0 Å². The molecule has 0 spiro atoms. The second-order valence-electron chi connectivity index (χ2n) is 9.99. The van der Waals surface area contributed by atoms with E-state index < -0.39 is 17.9 Å². The number of aromatic nitrogens is 3. The molecule has 11 heteroatoms. The summed E-state index contributed by atoms with van der Waals surface area (Å²) in [6.07, 6.45) is 3.72. The van der Waals surface area contributed by atoms with E-state index in [4.69, 9.17) is 11.5 Å². The van der Waals surface area contributed by atoms with Gasteiger partial charge in [-0.25, -0.2) is 4.79 Å². The summed E-state index contributed by atoms with van der Waals surface area (Å²) in [6, 6.07) is 19.1. The highest BCUT2D eigenvalue weighted by Crippen LogP contribution is 2.24. The monoisotopic (exact) mass is 565 g/mol. The standard InChI is InChI=1S/C31H31N7O4/c32-26-25-21(17-35-27(25)38-31(33)37-26)15-12-18-10-13-20(14-11-18)28(39)36-24(30(41)42)9-4-16-34-29(40)23-8-3-6-19-5-1-2-7-22(19)23/h1-3,5-8,10-11,13-14,17,24H,4,9,12,15-16H2,(H,34,40)(H,36,39)(H,41,42)(H5,32,33,35,37,38)/t24-/m0/s1. The predicted molar refractivity (Wildman–Crippen MR) is 161 cm³/mol. The number of carboxylic acid groups (broad SMARTS) is 1. The lowest BCUT2D eigenvalue weighted by molar-refractivity contribution is -0.139. The van der Waals surface area contributed by atoms with Crippen molar-refractivity contribution in [1.29, 1.82) is 0 Å². The van der Waals surface area contributed by atoms with Crippen LogP contribution < -0.4 is 22.1 Å². The fourth-order valence-corrected chi connectivity index (χ4v) is 4.97. The third-order valence-corrected chi connectivity index (χ3v) is 7.15. The molecule has 42 heavy (non-hydrogen) atoms. The number of carbonyl (C=O) groups excluding carboxylic acids is 2. The summed E-state index contributed by atoms with van der Waals surface area (Å²) in [5.74, 6) is -1.41. The minimum absolute atomic E-state index is 0.107. The predicted octanol–water partition coefficient (Wildman–Crippen LogP) is 3.45. The lowest BCUT2D eigenvalue weighted by Crippen LogP contribution is -2.41. The van der Waals surface area contributed by atoms with Crippen molar-refractivity contribution in [3.63, 3.8) is 0 Å². The molecule has 2 amide bonds. The fraction of sp³-hybridized carbons (Fsp3) is 0.194. The van der Waals surface area contributed by atoms with Crippen LogP contribution in [-0.4, -0.2) is 50.4 Å². The Morgan fingerprint density at radius 3 is 2.45 bits per heavy atom. The van der Waals surface area contributed by atoms with Crippen molar-refractivity contribution in [1.82, 2.24) is 25.6 Å². The molecule has 0 bridgehead atoms. The molecule has 3 aromatic carbocycles. The highest BCUT2D eigenvalue weighted by atomic mass is 16.4. The molecular weight excluding hydrogens is 534 g/mol. The van der Waals surface area contributed by atoms with Crippen molar-refractivity contribution in [2.45, 2.75) is 31.7 Å². The quantitative estimate of drug-likeness (QED) is 0.131. The Hall–Kier alpha value is -5.45.